The minimum atomic E-state index is -0.318. The monoisotopic (exact) mass is 302 g/mol. The van der Waals surface area contributed by atoms with Crippen LogP contribution < -0.4 is 10.5 Å². The number of rotatable bonds is 5. The summed E-state index contributed by atoms with van der Waals surface area (Å²) in [4.78, 5) is 0.836. The number of nitrogens with two attached hydrogens (primary N) is 1. The Balaban J connectivity index is 2.16. The Labute approximate surface area is 127 Å². The number of halogens is 1. The summed E-state index contributed by atoms with van der Waals surface area (Å²) in [5.74, 6) is 0.822. The number of hydrogen-bond donors (Lipinski definition) is 1. The average molecular weight is 302 g/mol. The number of nitrogens with zero attached hydrogens (tertiary/aromatic N) is 1. The molecule has 0 bridgehead atoms. The zero-order valence-electron chi connectivity index (χ0n) is 11.6. The predicted molar refractivity (Wildman–Crippen MR) is 82.7 cm³/mol. The van der Waals surface area contributed by atoms with Gasteiger partial charge in [0.05, 0.1) is 18.2 Å². The van der Waals surface area contributed by atoms with Crippen molar-refractivity contribution in [3.63, 3.8) is 0 Å². The second-order valence-electron chi connectivity index (χ2n) is 4.34. The molecule has 5 heteroatoms. The molecule has 0 radical (unpaired) electrons. The van der Waals surface area contributed by atoms with Crippen LogP contribution in [-0.2, 0) is 5.75 Å². The zero-order chi connectivity index (χ0) is 15.2. The van der Waals surface area contributed by atoms with E-state index in [0.29, 0.717) is 29.2 Å². The zero-order valence-corrected chi connectivity index (χ0v) is 12.4. The Morgan fingerprint density at radius 3 is 2.81 bits per heavy atom. The van der Waals surface area contributed by atoms with E-state index in [1.807, 2.05) is 19.1 Å². The third kappa shape index (κ3) is 3.89. The maximum Gasteiger partial charge on any atom is 0.127 e. The highest BCUT2D eigenvalue weighted by Gasteiger charge is 2.07. The third-order valence-electron chi connectivity index (χ3n) is 2.85. The molecule has 3 nitrogen and oxygen atoms in total. The molecule has 0 unspecified atom stereocenters. The fourth-order valence-electron chi connectivity index (χ4n) is 1.81. The van der Waals surface area contributed by atoms with Crippen LogP contribution in [0.1, 0.15) is 18.1 Å². The maximum absolute atomic E-state index is 13.7. The van der Waals surface area contributed by atoms with E-state index in [0.717, 1.165) is 10.6 Å². The first kappa shape index (κ1) is 15.2. The first-order chi connectivity index (χ1) is 10.1. The van der Waals surface area contributed by atoms with Crippen molar-refractivity contribution in [2.75, 3.05) is 12.3 Å². The van der Waals surface area contributed by atoms with Crippen LogP contribution in [0.15, 0.2) is 41.3 Å². The number of thioether (sulfide) groups is 1. The van der Waals surface area contributed by atoms with Gasteiger partial charge >= 0.3 is 0 Å². The third-order valence-corrected chi connectivity index (χ3v) is 3.97. The number of ether oxygens (including phenoxy) is 1. The lowest BCUT2D eigenvalue weighted by atomic mass is 10.1. The largest absolute Gasteiger partial charge is 0.494 e. The highest BCUT2D eigenvalue weighted by Crippen LogP contribution is 2.32. The van der Waals surface area contributed by atoms with E-state index >= 15 is 0 Å². The van der Waals surface area contributed by atoms with Gasteiger partial charge in [0.15, 0.2) is 0 Å². The molecule has 0 aliphatic rings. The fraction of sp³-hybridized carbons (Fsp3) is 0.188. The Morgan fingerprint density at radius 1 is 1.29 bits per heavy atom. The molecule has 21 heavy (non-hydrogen) atoms. The van der Waals surface area contributed by atoms with E-state index in [-0.39, 0.29) is 5.82 Å². The van der Waals surface area contributed by atoms with Crippen molar-refractivity contribution in [2.45, 2.75) is 17.6 Å². The molecule has 108 valence electrons. The summed E-state index contributed by atoms with van der Waals surface area (Å²) in [7, 11) is 0. The van der Waals surface area contributed by atoms with Crippen molar-refractivity contribution < 1.29 is 9.13 Å². The molecule has 0 amide bonds. The molecule has 2 aromatic rings. The summed E-state index contributed by atoms with van der Waals surface area (Å²) < 4.78 is 19.2. The van der Waals surface area contributed by atoms with E-state index in [1.54, 1.807) is 18.2 Å². The minimum Gasteiger partial charge on any atom is -0.494 e. The molecule has 2 N–H and O–H groups in total. The van der Waals surface area contributed by atoms with E-state index < -0.39 is 0 Å². The molecule has 2 aromatic carbocycles. The van der Waals surface area contributed by atoms with E-state index in [1.165, 1.54) is 23.9 Å². The normalized spacial score (nSPS) is 10.1. The van der Waals surface area contributed by atoms with Crippen LogP contribution >= 0.6 is 11.8 Å². The van der Waals surface area contributed by atoms with E-state index in [4.69, 9.17) is 15.7 Å². The van der Waals surface area contributed by atoms with Crippen molar-refractivity contribution in [2.24, 2.45) is 0 Å². The highest BCUT2D eigenvalue weighted by molar-refractivity contribution is 7.98. The Hall–Kier alpha value is -2.19. The molecule has 0 saturated carbocycles. The summed E-state index contributed by atoms with van der Waals surface area (Å²) in [6.45, 7) is 2.48. The van der Waals surface area contributed by atoms with Crippen LogP contribution in [-0.4, -0.2) is 6.61 Å². The van der Waals surface area contributed by atoms with Gasteiger partial charge in [-0.3, -0.25) is 0 Å². The van der Waals surface area contributed by atoms with Crippen LogP contribution in [0.2, 0.25) is 0 Å². The minimum absolute atomic E-state index is 0.318. The smallest absolute Gasteiger partial charge is 0.127 e. The molecule has 0 fully saturated rings. The molecule has 0 aromatic heterocycles. The van der Waals surface area contributed by atoms with Gasteiger partial charge in [0.25, 0.3) is 0 Å². The summed E-state index contributed by atoms with van der Waals surface area (Å²) in [5, 5.41) is 8.86. The van der Waals surface area contributed by atoms with E-state index in [2.05, 4.69) is 0 Å². The maximum atomic E-state index is 13.7. The lowest BCUT2D eigenvalue weighted by Gasteiger charge is -2.09. The van der Waals surface area contributed by atoms with E-state index in [9.17, 15) is 4.39 Å². The van der Waals surface area contributed by atoms with Crippen LogP contribution in [0.25, 0.3) is 0 Å². The first-order valence-electron chi connectivity index (χ1n) is 6.47. The molecule has 0 aliphatic heterocycles. The van der Waals surface area contributed by atoms with Gasteiger partial charge in [-0.05, 0) is 48.9 Å². The van der Waals surface area contributed by atoms with Crippen molar-refractivity contribution >= 4 is 17.4 Å². The van der Waals surface area contributed by atoms with Gasteiger partial charge in [0.1, 0.15) is 11.6 Å². The van der Waals surface area contributed by atoms with Crippen LogP contribution in [0.3, 0.4) is 0 Å². The summed E-state index contributed by atoms with van der Waals surface area (Å²) >= 11 is 1.42. The number of nitrogen functional groups attached to an aromatic ring is 1. The van der Waals surface area contributed by atoms with Gasteiger partial charge in [-0.25, -0.2) is 4.39 Å². The highest BCUT2D eigenvalue weighted by atomic mass is 32.2. The van der Waals surface area contributed by atoms with Gasteiger partial charge in [-0.2, -0.15) is 5.26 Å². The quantitative estimate of drug-likeness (QED) is 0.670. The average Bonchev–Trinajstić information content (AvgIpc) is 2.49. The second-order valence-corrected chi connectivity index (χ2v) is 5.36. The first-order valence-corrected chi connectivity index (χ1v) is 7.46. The Morgan fingerprint density at radius 2 is 2.10 bits per heavy atom. The molecule has 0 spiro atoms. The van der Waals surface area contributed by atoms with Gasteiger partial charge in [0.2, 0.25) is 0 Å². The molecule has 0 aliphatic carbocycles. The summed E-state index contributed by atoms with van der Waals surface area (Å²) in [6.07, 6.45) is 0. The lowest BCUT2D eigenvalue weighted by Crippen LogP contribution is -1.95. The van der Waals surface area contributed by atoms with Gasteiger partial charge in [-0.1, -0.05) is 0 Å². The standard InChI is InChI=1S/C16H15FN2OS/c1-2-20-13-4-6-15(19)16(8-13)21-10-12-7-11(9-18)3-5-14(12)17/h3-8H,2,10,19H2,1H3. The number of benzene rings is 2. The van der Waals surface area contributed by atoms with Crippen molar-refractivity contribution in [3.05, 3.63) is 53.3 Å². The van der Waals surface area contributed by atoms with Crippen LogP contribution in [0.4, 0.5) is 10.1 Å². The van der Waals surface area contributed by atoms with Gasteiger partial charge in [0, 0.05) is 16.3 Å². The Kier molecular flexibility index (Phi) is 5.07. The second kappa shape index (κ2) is 7.00. The number of hydrogen-bond acceptors (Lipinski definition) is 4. The Bertz CT molecular complexity index is 682. The predicted octanol–water partition coefficient (Wildman–Crippen LogP) is 3.97. The van der Waals surface area contributed by atoms with Crippen LogP contribution in [0, 0.1) is 17.1 Å². The summed E-state index contributed by atoms with van der Waals surface area (Å²) in [6, 6.07) is 11.8. The molecule has 2 rings (SSSR count). The molecule has 0 atom stereocenters. The molecular weight excluding hydrogens is 287 g/mol. The lowest BCUT2D eigenvalue weighted by molar-refractivity contribution is 0.339. The van der Waals surface area contributed by atoms with Gasteiger partial charge < -0.3 is 10.5 Å². The van der Waals surface area contributed by atoms with Crippen LogP contribution in [0.5, 0.6) is 5.75 Å². The molecule has 0 saturated heterocycles. The van der Waals surface area contributed by atoms with Gasteiger partial charge in [-0.15, -0.1) is 11.8 Å². The topological polar surface area (TPSA) is 59.0 Å². The molecular formula is C16H15FN2OS. The number of anilines is 1. The van der Waals surface area contributed by atoms with Crippen molar-refractivity contribution in [1.29, 1.82) is 5.26 Å². The van der Waals surface area contributed by atoms with Crippen molar-refractivity contribution in [1.82, 2.24) is 0 Å². The van der Waals surface area contributed by atoms with Crippen molar-refractivity contribution in [3.8, 4) is 11.8 Å². The number of nitriles is 1. The fourth-order valence-corrected chi connectivity index (χ4v) is 2.77. The molecule has 0 heterocycles. The summed E-state index contributed by atoms with van der Waals surface area (Å²) in [5.41, 5.74) is 7.48. The SMILES string of the molecule is CCOc1ccc(N)c(SCc2cc(C#N)ccc2F)c1.